The molecule has 3 fully saturated rings. The van der Waals surface area contributed by atoms with Crippen molar-refractivity contribution in [3.8, 4) is 0 Å². The second kappa shape index (κ2) is 5.19. The number of carbonyl (C=O) groups excluding carboxylic acids is 1. The van der Waals surface area contributed by atoms with Crippen LogP contribution >= 0.6 is 0 Å². The summed E-state index contributed by atoms with van der Waals surface area (Å²) >= 11 is 0. The highest BCUT2D eigenvalue weighted by Crippen LogP contribution is 2.42. The predicted molar refractivity (Wildman–Crippen MR) is 75.6 cm³/mol. The van der Waals surface area contributed by atoms with Crippen LogP contribution in [-0.4, -0.2) is 54.5 Å². The van der Waals surface area contributed by atoms with Crippen molar-refractivity contribution < 1.29 is 14.3 Å². The van der Waals surface area contributed by atoms with E-state index in [1.54, 1.807) is 0 Å². The van der Waals surface area contributed by atoms with Gasteiger partial charge in [0.2, 0.25) is 0 Å². The van der Waals surface area contributed by atoms with Gasteiger partial charge < -0.3 is 19.7 Å². The van der Waals surface area contributed by atoms with Crippen LogP contribution in [0, 0.1) is 5.92 Å². The average Bonchev–Trinajstić information content (AvgIpc) is 2.99. The molecule has 0 radical (unpaired) electrons. The SMILES string of the molecule is CC(C)(C)OC(=O)N1CCNCC1C1CC2CCC1O2. The molecule has 0 aliphatic carbocycles. The van der Waals surface area contributed by atoms with Crippen molar-refractivity contribution in [1.29, 1.82) is 0 Å². The van der Waals surface area contributed by atoms with Crippen LogP contribution in [0.2, 0.25) is 0 Å². The minimum atomic E-state index is -0.433. The summed E-state index contributed by atoms with van der Waals surface area (Å²) in [5.41, 5.74) is -0.433. The van der Waals surface area contributed by atoms with Crippen LogP contribution in [0.1, 0.15) is 40.0 Å². The van der Waals surface area contributed by atoms with Crippen molar-refractivity contribution in [1.82, 2.24) is 10.2 Å². The molecule has 3 saturated heterocycles. The number of amides is 1. The van der Waals surface area contributed by atoms with Crippen LogP contribution in [0.5, 0.6) is 0 Å². The number of rotatable bonds is 1. The van der Waals surface area contributed by atoms with Gasteiger partial charge >= 0.3 is 6.09 Å². The van der Waals surface area contributed by atoms with E-state index in [0.717, 1.165) is 32.5 Å². The first-order chi connectivity index (χ1) is 9.44. The summed E-state index contributed by atoms with van der Waals surface area (Å²) in [6.45, 7) is 8.19. The molecule has 0 aromatic carbocycles. The van der Waals surface area contributed by atoms with E-state index in [0.29, 0.717) is 18.1 Å². The Morgan fingerprint density at radius 3 is 2.75 bits per heavy atom. The molecule has 5 heteroatoms. The molecule has 114 valence electrons. The summed E-state index contributed by atoms with van der Waals surface area (Å²) < 4.78 is 11.5. The fourth-order valence-corrected chi connectivity index (χ4v) is 3.74. The fourth-order valence-electron chi connectivity index (χ4n) is 3.74. The fraction of sp³-hybridized carbons (Fsp3) is 0.933. The summed E-state index contributed by atoms with van der Waals surface area (Å²) in [5.74, 6) is 0.467. The van der Waals surface area contributed by atoms with Gasteiger partial charge in [-0.05, 0) is 40.0 Å². The number of fused-ring (bicyclic) bond motifs is 2. The third-order valence-electron chi connectivity index (χ3n) is 4.56. The van der Waals surface area contributed by atoms with Crippen molar-refractivity contribution in [3.05, 3.63) is 0 Å². The first kappa shape index (κ1) is 14.1. The molecule has 1 N–H and O–H groups in total. The van der Waals surface area contributed by atoms with Gasteiger partial charge in [0.1, 0.15) is 5.60 Å². The maximum absolute atomic E-state index is 12.4. The van der Waals surface area contributed by atoms with Gasteiger partial charge in [-0.15, -0.1) is 0 Å². The van der Waals surface area contributed by atoms with Gasteiger partial charge in [-0.25, -0.2) is 4.79 Å². The quantitative estimate of drug-likeness (QED) is 0.796. The second-order valence-corrected chi connectivity index (χ2v) is 7.22. The topological polar surface area (TPSA) is 50.8 Å². The summed E-state index contributed by atoms with van der Waals surface area (Å²) in [6.07, 6.45) is 4.02. The van der Waals surface area contributed by atoms with Gasteiger partial charge in [-0.1, -0.05) is 0 Å². The van der Waals surface area contributed by atoms with Crippen molar-refractivity contribution in [3.63, 3.8) is 0 Å². The van der Waals surface area contributed by atoms with Gasteiger partial charge in [0.15, 0.2) is 0 Å². The van der Waals surface area contributed by atoms with Crippen LogP contribution in [0.3, 0.4) is 0 Å². The molecule has 3 aliphatic heterocycles. The minimum Gasteiger partial charge on any atom is -0.444 e. The Labute approximate surface area is 121 Å². The van der Waals surface area contributed by atoms with Gasteiger partial charge in [-0.3, -0.25) is 0 Å². The second-order valence-electron chi connectivity index (χ2n) is 7.22. The molecule has 3 heterocycles. The Kier molecular flexibility index (Phi) is 3.67. The Morgan fingerprint density at radius 1 is 1.35 bits per heavy atom. The summed E-state index contributed by atoms with van der Waals surface area (Å²) in [4.78, 5) is 14.3. The maximum Gasteiger partial charge on any atom is 0.410 e. The normalized spacial score (nSPS) is 37.2. The molecule has 5 nitrogen and oxygen atoms in total. The molecule has 0 aromatic heterocycles. The molecule has 0 saturated carbocycles. The van der Waals surface area contributed by atoms with Crippen LogP contribution in [0.15, 0.2) is 0 Å². The van der Waals surface area contributed by atoms with Gasteiger partial charge in [0.05, 0.1) is 18.2 Å². The first-order valence-corrected chi connectivity index (χ1v) is 7.80. The Hall–Kier alpha value is -0.810. The van der Waals surface area contributed by atoms with E-state index < -0.39 is 5.60 Å². The van der Waals surface area contributed by atoms with E-state index in [1.807, 2.05) is 25.7 Å². The Bertz CT molecular complexity index is 380. The highest BCUT2D eigenvalue weighted by molar-refractivity contribution is 5.68. The number of nitrogens with zero attached hydrogens (tertiary/aromatic N) is 1. The Morgan fingerprint density at radius 2 is 2.15 bits per heavy atom. The molecular weight excluding hydrogens is 256 g/mol. The van der Waals surface area contributed by atoms with E-state index in [1.165, 1.54) is 6.42 Å². The minimum absolute atomic E-state index is 0.174. The van der Waals surface area contributed by atoms with Crippen molar-refractivity contribution in [2.24, 2.45) is 5.92 Å². The summed E-state index contributed by atoms with van der Waals surface area (Å²) in [6, 6.07) is 0.217. The molecule has 1 amide bonds. The van der Waals surface area contributed by atoms with Crippen LogP contribution in [-0.2, 0) is 9.47 Å². The lowest BCUT2D eigenvalue weighted by Gasteiger charge is -2.41. The monoisotopic (exact) mass is 282 g/mol. The van der Waals surface area contributed by atoms with Crippen molar-refractivity contribution >= 4 is 6.09 Å². The van der Waals surface area contributed by atoms with Crippen molar-refractivity contribution in [2.75, 3.05) is 19.6 Å². The largest absolute Gasteiger partial charge is 0.444 e. The molecule has 4 atom stereocenters. The van der Waals surface area contributed by atoms with Crippen LogP contribution in [0.4, 0.5) is 4.79 Å². The van der Waals surface area contributed by atoms with Gasteiger partial charge in [0.25, 0.3) is 0 Å². The number of hydrogen-bond acceptors (Lipinski definition) is 4. The van der Waals surface area contributed by atoms with Crippen LogP contribution in [0.25, 0.3) is 0 Å². The van der Waals surface area contributed by atoms with Crippen LogP contribution < -0.4 is 5.32 Å². The molecule has 4 unspecified atom stereocenters. The van der Waals surface area contributed by atoms with E-state index in [4.69, 9.17) is 9.47 Å². The highest BCUT2D eigenvalue weighted by Gasteiger charge is 2.47. The summed E-state index contributed by atoms with van der Waals surface area (Å²) in [5, 5.41) is 3.41. The Balaban J connectivity index is 1.69. The number of nitrogens with one attached hydrogen (secondary N) is 1. The smallest absolute Gasteiger partial charge is 0.410 e. The number of carbonyl (C=O) groups is 1. The third-order valence-corrected chi connectivity index (χ3v) is 4.56. The first-order valence-electron chi connectivity index (χ1n) is 7.80. The lowest BCUT2D eigenvalue weighted by molar-refractivity contribution is -0.00268. The summed E-state index contributed by atoms with van der Waals surface area (Å²) in [7, 11) is 0. The highest BCUT2D eigenvalue weighted by atomic mass is 16.6. The zero-order valence-electron chi connectivity index (χ0n) is 12.7. The van der Waals surface area contributed by atoms with E-state index in [9.17, 15) is 4.79 Å². The zero-order valence-corrected chi connectivity index (χ0v) is 12.7. The lowest BCUT2D eigenvalue weighted by atomic mass is 9.82. The number of hydrogen-bond donors (Lipinski definition) is 1. The number of piperazine rings is 1. The number of ether oxygens (including phenoxy) is 2. The molecule has 3 aliphatic rings. The molecule has 0 spiro atoms. The van der Waals surface area contributed by atoms with Gasteiger partial charge in [-0.2, -0.15) is 0 Å². The molecular formula is C15H26N2O3. The standard InChI is InChI=1S/C15H26N2O3/c1-15(2,3)20-14(18)17-7-6-16-9-12(17)11-8-10-4-5-13(11)19-10/h10-13,16H,4-9H2,1-3H3. The zero-order chi connectivity index (χ0) is 14.3. The molecule has 0 aromatic rings. The predicted octanol–water partition coefficient (Wildman–Crippen LogP) is 1.76. The van der Waals surface area contributed by atoms with E-state index in [2.05, 4.69) is 5.32 Å². The van der Waals surface area contributed by atoms with E-state index in [-0.39, 0.29) is 12.1 Å². The van der Waals surface area contributed by atoms with Gasteiger partial charge in [0, 0.05) is 25.6 Å². The van der Waals surface area contributed by atoms with Crippen molar-refractivity contribution in [2.45, 2.75) is 63.9 Å². The molecule has 2 bridgehead atoms. The average molecular weight is 282 g/mol. The maximum atomic E-state index is 12.4. The van der Waals surface area contributed by atoms with E-state index >= 15 is 0 Å². The third kappa shape index (κ3) is 2.79. The lowest BCUT2D eigenvalue weighted by Crippen LogP contribution is -2.58. The molecule has 20 heavy (non-hydrogen) atoms. The molecule has 3 rings (SSSR count).